The van der Waals surface area contributed by atoms with Crippen molar-refractivity contribution in [2.24, 2.45) is 5.92 Å². The van der Waals surface area contributed by atoms with Crippen LogP contribution >= 0.6 is 11.3 Å². The van der Waals surface area contributed by atoms with Gasteiger partial charge in [0.1, 0.15) is 5.01 Å². The van der Waals surface area contributed by atoms with Gasteiger partial charge in [0.05, 0.1) is 18.2 Å². The number of aromatic nitrogens is 1. The maximum atomic E-state index is 12.5. The topological polar surface area (TPSA) is 74.2 Å². The molecular weight excluding hydrogens is 322 g/mol. The maximum absolute atomic E-state index is 12.5. The normalized spacial score (nSPS) is 23.6. The van der Waals surface area contributed by atoms with Crippen LogP contribution in [-0.4, -0.2) is 22.2 Å². The van der Waals surface area contributed by atoms with Crippen LogP contribution in [0.3, 0.4) is 0 Å². The van der Waals surface area contributed by atoms with Crippen molar-refractivity contribution in [2.75, 3.05) is 0 Å². The summed E-state index contributed by atoms with van der Waals surface area (Å²) in [5, 5.41) is 19.3. The molecule has 3 unspecified atom stereocenters. The number of aliphatic hydroxyl groups excluding tert-OH is 1. The van der Waals surface area contributed by atoms with Crippen LogP contribution in [0.1, 0.15) is 46.8 Å². The van der Waals surface area contributed by atoms with Crippen LogP contribution in [0.25, 0.3) is 0 Å². The first kappa shape index (κ1) is 15.6. The molecule has 4 rings (SSSR count). The van der Waals surface area contributed by atoms with Crippen LogP contribution in [0, 0.1) is 12.8 Å². The minimum absolute atomic E-state index is 0.0301. The summed E-state index contributed by atoms with van der Waals surface area (Å²) in [4.78, 5) is 17.1. The highest BCUT2D eigenvalue weighted by Gasteiger charge is 2.37. The average Bonchev–Trinajstić information content (AvgIpc) is 3.24. The van der Waals surface area contributed by atoms with Gasteiger partial charge in [0.2, 0.25) is 0 Å². The first-order chi connectivity index (χ1) is 11.6. The molecule has 1 heterocycles. The van der Waals surface area contributed by atoms with Crippen molar-refractivity contribution in [1.82, 2.24) is 15.6 Å². The average molecular weight is 343 g/mol. The number of nitrogens with zero attached hydrogens (tertiary/aromatic N) is 1. The third-order valence-corrected chi connectivity index (χ3v) is 5.82. The van der Waals surface area contributed by atoms with Crippen molar-refractivity contribution in [1.29, 1.82) is 0 Å². The van der Waals surface area contributed by atoms with Crippen LogP contribution in [0.15, 0.2) is 29.6 Å². The van der Waals surface area contributed by atoms with Crippen LogP contribution in [0.5, 0.6) is 0 Å². The van der Waals surface area contributed by atoms with E-state index in [0.29, 0.717) is 12.3 Å². The van der Waals surface area contributed by atoms with Gasteiger partial charge in [-0.2, -0.15) is 0 Å². The molecule has 5 nitrogen and oxygen atoms in total. The number of carbonyl (C=O) groups excluding carboxylic acids is 1. The summed E-state index contributed by atoms with van der Waals surface area (Å²) < 4.78 is 0. The molecule has 1 fully saturated rings. The van der Waals surface area contributed by atoms with Gasteiger partial charge >= 0.3 is 6.03 Å². The van der Waals surface area contributed by atoms with E-state index in [9.17, 15) is 9.90 Å². The molecule has 24 heavy (non-hydrogen) atoms. The van der Waals surface area contributed by atoms with Crippen molar-refractivity contribution < 1.29 is 9.90 Å². The number of fused-ring (bicyclic) bond motifs is 1. The first-order valence-corrected chi connectivity index (χ1v) is 9.24. The molecule has 1 aromatic carbocycles. The highest BCUT2D eigenvalue weighted by atomic mass is 32.1. The van der Waals surface area contributed by atoms with Crippen LogP contribution < -0.4 is 10.6 Å². The Balaban J connectivity index is 1.46. The maximum Gasteiger partial charge on any atom is 0.315 e. The molecule has 2 aromatic rings. The Labute approximate surface area is 145 Å². The summed E-state index contributed by atoms with van der Waals surface area (Å²) in [6.45, 7) is 1.97. The Morgan fingerprint density at radius 3 is 2.88 bits per heavy atom. The molecular formula is C18H21N3O2S. The summed E-state index contributed by atoms with van der Waals surface area (Å²) >= 11 is 1.60. The van der Waals surface area contributed by atoms with Gasteiger partial charge in [0, 0.05) is 17.5 Å². The monoisotopic (exact) mass is 343 g/mol. The number of rotatable bonds is 4. The lowest BCUT2D eigenvalue weighted by molar-refractivity contribution is 0.141. The minimum atomic E-state index is -0.574. The number of aryl methyl sites for hydroxylation is 1. The number of carbonyl (C=O) groups is 1. The van der Waals surface area contributed by atoms with Gasteiger partial charge < -0.3 is 15.7 Å². The van der Waals surface area contributed by atoms with Crippen molar-refractivity contribution in [3.63, 3.8) is 0 Å². The molecule has 3 atom stereocenters. The summed E-state index contributed by atoms with van der Waals surface area (Å²) in [6.07, 6.45) is 2.25. The zero-order valence-electron chi connectivity index (χ0n) is 13.5. The van der Waals surface area contributed by atoms with E-state index >= 15 is 0 Å². The number of urea groups is 1. The predicted molar refractivity (Wildman–Crippen MR) is 92.9 cm³/mol. The summed E-state index contributed by atoms with van der Waals surface area (Å²) in [6, 6.07) is 7.26. The van der Waals surface area contributed by atoms with E-state index in [2.05, 4.69) is 15.6 Å². The Morgan fingerprint density at radius 2 is 2.17 bits per heavy atom. The second kappa shape index (κ2) is 6.18. The molecule has 6 heteroatoms. The van der Waals surface area contributed by atoms with Crippen LogP contribution in [-0.2, 0) is 6.42 Å². The van der Waals surface area contributed by atoms with E-state index < -0.39 is 6.10 Å². The van der Waals surface area contributed by atoms with E-state index in [4.69, 9.17) is 0 Å². The lowest BCUT2D eigenvalue weighted by atomic mass is 10.1. The molecule has 2 amide bonds. The van der Waals surface area contributed by atoms with Crippen LogP contribution in [0.4, 0.5) is 4.79 Å². The van der Waals surface area contributed by atoms with E-state index in [1.807, 2.05) is 36.6 Å². The summed E-state index contributed by atoms with van der Waals surface area (Å²) in [7, 11) is 0. The van der Waals surface area contributed by atoms with Crippen molar-refractivity contribution >= 4 is 17.4 Å². The van der Waals surface area contributed by atoms with E-state index in [0.717, 1.165) is 34.7 Å². The highest BCUT2D eigenvalue weighted by Crippen LogP contribution is 2.42. The van der Waals surface area contributed by atoms with Gasteiger partial charge in [0.15, 0.2) is 0 Å². The second-order valence-electron chi connectivity index (χ2n) is 6.71. The minimum Gasteiger partial charge on any atom is -0.390 e. The van der Waals surface area contributed by atoms with E-state index in [1.54, 1.807) is 11.3 Å². The number of thiazole rings is 1. The lowest BCUT2D eigenvalue weighted by Crippen LogP contribution is -2.42. The standard InChI is InChI=1S/C18H21N3O2S/c1-10-9-24-17(19-10)15(11-6-7-11)20-18(23)21-16-13-5-3-2-4-12(13)8-14(16)22/h2-5,9,11,14-16,22H,6-8H2,1H3,(H2,20,21,23). The zero-order valence-corrected chi connectivity index (χ0v) is 14.3. The Bertz CT molecular complexity index is 756. The highest BCUT2D eigenvalue weighted by molar-refractivity contribution is 7.09. The van der Waals surface area contributed by atoms with Gasteiger partial charge in [-0.05, 0) is 36.8 Å². The SMILES string of the molecule is Cc1csc(C(NC(=O)NC2c3ccccc3CC2O)C2CC2)n1. The number of benzene rings is 1. The largest absolute Gasteiger partial charge is 0.390 e. The molecule has 1 aromatic heterocycles. The predicted octanol–water partition coefficient (Wildman–Crippen LogP) is 2.86. The van der Waals surface area contributed by atoms with Crippen LogP contribution in [0.2, 0.25) is 0 Å². The van der Waals surface area contributed by atoms with E-state index in [1.165, 1.54) is 0 Å². The molecule has 1 saturated carbocycles. The number of aliphatic hydroxyl groups is 1. The Kier molecular flexibility index (Phi) is 4.02. The smallest absolute Gasteiger partial charge is 0.315 e. The molecule has 0 radical (unpaired) electrons. The second-order valence-corrected chi connectivity index (χ2v) is 7.60. The van der Waals surface area contributed by atoms with Gasteiger partial charge in [-0.3, -0.25) is 0 Å². The molecule has 0 spiro atoms. The first-order valence-electron chi connectivity index (χ1n) is 8.37. The zero-order chi connectivity index (χ0) is 16.7. The Morgan fingerprint density at radius 1 is 1.38 bits per heavy atom. The number of hydrogen-bond donors (Lipinski definition) is 3. The van der Waals surface area contributed by atoms with Gasteiger partial charge in [-0.1, -0.05) is 24.3 Å². The number of hydrogen-bond acceptors (Lipinski definition) is 4. The Hall–Kier alpha value is -1.92. The summed E-state index contributed by atoms with van der Waals surface area (Å²) in [5.41, 5.74) is 3.10. The molecule has 3 N–H and O–H groups in total. The van der Waals surface area contributed by atoms with Gasteiger partial charge in [-0.25, -0.2) is 9.78 Å². The lowest BCUT2D eigenvalue weighted by Gasteiger charge is -2.21. The van der Waals surface area contributed by atoms with Gasteiger partial charge in [0.25, 0.3) is 0 Å². The fourth-order valence-corrected chi connectivity index (χ4v) is 4.34. The van der Waals surface area contributed by atoms with Crippen molar-refractivity contribution in [2.45, 2.75) is 44.4 Å². The molecule has 0 bridgehead atoms. The van der Waals surface area contributed by atoms with Gasteiger partial charge in [-0.15, -0.1) is 11.3 Å². The quantitative estimate of drug-likeness (QED) is 0.799. The molecule has 0 aliphatic heterocycles. The molecule has 0 saturated heterocycles. The van der Waals surface area contributed by atoms with Crippen molar-refractivity contribution in [3.8, 4) is 0 Å². The molecule has 2 aliphatic rings. The number of amides is 2. The third-order valence-electron chi connectivity index (χ3n) is 4.77. The van der Waals surface area contributed by atoms with Crippen molar-refractivity contribution in [3.05, 3.63) is 51.5 Å². The fourth-order valence-electron chi connectivity index (χ4n) is 3.40. The third kappa shape index (κ3) is 3.03. The molecule has 126 valence electrons. The summed E-state index contributed by atoms with van der Waals surface area (Å²) in [5.74, 6) is 0.474. The number of nitrogens with one attached hydrogen (secondary N) is 2. The van der Waals surface area contributed by atoms with E-state index in [-0.39, 0.29) is 18.1 Å². The fraction of sp³-hybridized carbons (Fsp3) is 0.444. The molecule has 2 aliphatic carbocycles.